The molecule has 0 saturated carbocycles. The number of fused-ring (bicyclic) bond motifs is 1. The average Bonchev–Trinajstić information content (AvgIpc) is 3.09. The molecule has 35 heavy (non-hydrogen) atoms. The Labute approximate surface area is 211 Å². The molecule has 1 fully saturated rings. The number of non-ortho nitro benzene ring substituents is 1. The number of amides is 1. The standard InChI is InChI=1S/C25H26N2O6S2/c1-15-21-20(16(2)28)24(29)26(21)22(23(15)35-14-34-13-18-6-4-3-5-7-18)25(30)33-12-17-8-10-19(11-9-17)27(31)32/h3-11,15-16,20-21,28H,12-14H2,1-2H3/t15-,16-,20-,21-/m1/s1. The lowest BCUT2D eigenvalue weighted by molar-refractivity contribution is -0.384. The van der Waals surface area contributed by atoms with Gasteiger partial charge in [-0.25, -0.2) is 4.79 Å². The Hall–Kier alpha value is -2.82. The zero-order valence-corrected chi connectivity index (χ0v) is 21.0. The van der Waals surface area contributed by atoms with Gasteiger partial charge in [-0.1, -0.05) is 37.3 Å². The van der Waals surface area contributed by atoms with E-state index in [4.69, 9.17) is 4.74 Å². The van der Waals surface area contributed by atoms with E-state index in [0.717, 1.165) is 10.7 Å². The van der Waals surface area contributed by atoms with Gasteiger partial charge in [0.15, 0.2) is 0 Å². The van der Waals surface area contributed by atoms with Crippen LogP contribution in [0, 0.1) is 22.0 Å². The quantitative estimate of drug-likeness (QED) is 0.125. The van der Waals surface area contributed by atoms with Crippen LogP contribution in [0.1, 0.15) is 25.0 Å². The zero-order chi connectivity index (χ0) is 25.1. The molecule has 2 aliphatic rings. The number of thioether (sulfide) groups is 2. The van der Waals surface area contributed by atoms with Crippen LogP contribution in [0.4, 0.5) is 5.69 Å². The van der Waals surface area contributed by atoms with Gasteiger partial charge in [-0.15, -0.1) is 23.5 Å². The number of β-lactam (4-membered cyclic amide) rings is 1. The van der Waals surface area contributed by atoms with Crippen LogP contribution in [0.15, 0.2) is 65.2 Å². The van der Waals surface area contributed by atoms with E-state index in [2.05, 4.69) is 12.1 Å². The molecule has 0 aliphatic carbocycles. The minimum absolute atomic E-state index is 0.0442. The van der Waals surface area contributed by atoms with Gasteiger partial charge in [-0.2, -0.15) is 0 Å². The molecule has 1 amide bonds. The van der Waals surface area contributed by atoms with Crippen molar-refractivity contribution >= 4 is 41.1 Å². The fourth-order valence-electron chi connectivity index (χ4n) is 4.48. The van der Waals surface area contributed by atoms with Crippen molar-refractivity contribution in [1.29, 1.82) is 0 Å². The molecule has 0 spiro atoms. The van der Waals surface area contributed by atoms with Crippen LogP contribution in [0.2, 0.25) is 0 Å². The molecule has 2 aromatic rings. The Morgan fingerprint density at radius 2 is 1.86 bits per heavy atom. The molecule has 2 aliphatic heterocycles. The van der Waals surface area contributed by atoms with E-state index in [1.165, 1.54) is 46.5 Å². The van der Waals surface area contributed by atoms with E-state index in [0.29, 0.717) is 10.6 Å². The molecule has 1 N–H and O–H groups in total. The first-order valence-corrected chi connectivity index (χ1v) is 13.3. The summed E-state index contributed by atoms with van der Waals surface area (Å²) in [6.07, 6.45) is -0.805. The molecule has 0 unspecified atom stereocenters. The van der Waals surface area contributed by atoms with Gasteiger partial charge >= 0.3 is 5.97 Å². The second-order valence-corrected chi connectivity index (χ2v) is 10.9. The first-order valence-electron chi connectivity index (χ1n) is 11.2. The molecule has 2 aromatic carbocycles. The third kappa shape index (κ3) is 5.24. The molecule has 0 bridgehead atoms. The molecule has 4 rings (SSSR count). The normalized spacial score (nSPS) is 22.0. The molecule has 184 valence electrons. The SMILES string of the molecule is C[C@@H](O)[C@H]1C(=O)N2C(C(=O)OCc3ccc([N+](=O)[O-])cc3)=C(SCSCc3ccccc3)[C@H](C)[C@H]12. The van der Waals surface area contributed by atoms with Crippen molar-refractivity contribution in [2.75, 3.05) is 5.08 Å². The number of rotatable bonds is 10. The van der Waals surface area contributed by atoms with E-state index in [-0.39, 0.29) is 35.9 Å². The molecule has 2 heterocycles. The Morgan fingerprint density at radius 1 is 1.17 bits per heavy atom. The third-order valence-electron chi connectivity index (χ3n) is 6.23. The number of nitro groups is 1. The van der Waals surface area contributed by atoms with Crippen LogP contribution in [0.25, 0.3) is 0 Å². The van der Waals surface area contributed by atoms with Crippen molar-refractivity contribution in [2.24, 2.45) is 11.8 Å². The van der Waals surface area contributed by atoms with Crippen LogP contribution in [0.5, 0.6) is 0 Å². The van der Waals surface area contributed by atoms with Crippen LogP contribution in [0.3, 0.4) is 0 Å². The number of esters is 1. The maximum atomic E-state index is 13.2. The Kier molecular flexibility index (Phi) is 7.83. The van der Waals surface area contributed by atoms with Crippen molar-refractivity contribution in [3.05, 3.63) is 86.4 Å². The average molecular weight is 515 g/mol. The molecule has 10 heteroatoms. The number of nitro benzene ring substituents is 1. The van der Waals surface area contributed by atoms with E-state index in [1.54, 1.807) is 18.7 Å². The van der Waals surface area contributed by atoms with Gasteiger partial charge in [0, 0.05) is 33.8 Å². The maximum absolute atomic E-state index is 13.2. The molecular formula is C25H26N2O6S2. The van der Waals surface area contributed by atoms with Gasteiger partial charge in [-0.05, 0) is 30.2 Å². The Bertz CT molecular complexity index is 1140. The largest absolute Gasteiger partial charge is 0.456 e. The highest BCUT2D eigenvalue weighted by atomic mass is 32.2. The van der Waals surface area contributed by atoms with Crippen molar-refractivity contribution in [3.8, 4) is 0 Å². The third-order valence-corrected chi connectivity index (χ3v) is 8.78. The summed E-state index contributed by atoms with van der Waals surface area (Å²) in [7, 11) is 0. The lowest BCUT2D eigenvalue weighted by Crippen LogP contribution is -2.63. The summed E-state index contributed by atoms with van der Waals surface area (Å²) >= 11 is 3.25. The van der Waals surface area contributed by atoms with E-state index in [1.807, 2.05) is 25.1 Å². The molecule has 4 atom stereocenters. The summed E-state index contributed by atoms with van der Waals surface area (Å²) < 4.78 is 5.52. The number of carbonyl (C=O) groups is 2. The highest BCUT2D eigenvalue weighted by molar-refractivity contribution is 8.17. The van der Waals surface area contributed by atoms with Gasteiger partial charge in [-0.3, -0.25) is 14.9 Å². The minimum Gasteiger partial charge on any atom is -0.456 e. The Morgan fingerprint density at radius 3 is 2.49 bits per heavy atom. The van der Waals surface area contributed by atoms with Crippen molar-refractivity contribution in [1.82, 2.24) is 4.90 Å². The molecule has 0 aromatic heterocycles. The lowest BCUT2D eigenvalue weighted by Gasteiger charge is -2.46. The predicted octanol–water partition coefficient (Wildman–Crippen LogP) is 4.33. The molecule has 0 radical (unpaired) electrons. The number of benzene rings is 2. The Balaban J connectivity index is 1.47. The van der Waals surface area contributed by atoms with Crippen molar-refractivity contribution < 1.29 is 24.4 Å². The highest BCUT2D eigenvalue weighted by Crippen LogP contribution is 2.51. The summed E-state index contributed by atoms with van der Waals surface area (Å²) in [6.45, 7) is 3.50. The number of hydrogen-bond acceptors (Lipinski definition) is 8. The van der Waals surface area contributed by atoms with Gasteiger partial charge in [0.05, 0.1) is 23.0 Å². The van der Waals surface area contributed by atoms with Crippen LogP contribution >= 0.6 is 23.5 Å². The van der Waals surface area contributed by atoms with E-state index in [9.17, 15) is 24.8 Å². The molecule has 1 saturated heterocycles. The summed E-state index contributed by atoms with van der Waals surface area (Å²) in [6, 6.07) is 15.6. The summed E-state index contributed by atoms with van der Waals surface area (Å²) in [5.41, 5.74) is 2.02. The first-order chi connectivity index (χ1) is 16.8. The molecular weight excluding hydrogens is 488 g/mol. The van der Waals surface area contributed by atoms with Crippen LogP contribution in [-0.4, -0.2) is 44.0 Å². The molecule has 8 nitrogen and oxygen atoms in total. The van der Waals surface area contributed by atoms with Crippen molar-refractivity contribution in [2.45, 2.75) is 38.4 Å². The number of aliphatic hydroxyl groups excluding tert-OH is 1. The summed E-state index contributed by atoms with van der Waals surface area (Å²) in [5.74, 6) is -0.691. The number of aliphatic hydroxyl groups is 1. The summed E-state index contributed by atoms with van der Waals surface area (Å²) in [4.78, 5) is 38.6. The van der Waals surface area contributed by atoms with E-state index >= 15 is 0 Å². The van der Waals surface area contributed by atoms with Gasteiger partial charge in [0.2, 0.25) is 5.91 Å². The fraction of sp³-hybridized carbons (Fsp3) is 0.360. The number of hydrogen-bond donors (Lipinski definition) is 1. The monoisotopic (exact) mass is 514 g/mol. The fourth-order valence-corrected chi connectivity index (χ4v) is 6.80. The number of nitrogens with zero attached hydrogens (tertiary/aromatic N) is 2. The van der Waals surface area contributed by atoms with Gasteiger partial charge in [0.1, 0.15) is 12.3 Å². The summed E-state index contributed by atoms with van der Waals surface area (Å²) in [5, 5.41) is 21.7. The van der Waals surface area contributed by atoms with Crippen LogP contribution < -0.4 is 0 Å². The topological polar surface area (TPSA) is 110 Å². The van der Waals surface area contributed by atoms with Crippen molar-refractivity contribution in [3.63, 3.8) is 0 Å². The second-order valence-electron chi connectivity index (χ2n) is 8.56. The van der Waals surface area contributed by atoms with Gasteiger partial charge in [0.25, 0.3) is 5.69 Å². The second kappa shape index (κ2) is 10.8. The highest BCUT2D eigenvalue weighted by Gasteiger charge is 2.60. The van der Waals surface area contributed by atoms with E-state index < -0.39 is 22.9 Å². The maximum Gasteiger partial charge on any atom is 0.356 e. The van der Waals surface area contributed by atoms with Crippen LogP contribution in [-0.2, 0) is 26.7 Å². The number of carbonyl (C=O) groups excluding carboxylic acids is 2. The lowest BCUT2D eigenvalue weighted by atomic mass is 9.79. The van der Waals surface area contributed by atoms with Gasteiger partial charge < -0.3 is 14.7 Å². The zero-order valence-electron chi connectivity index (χ0n) is 19.3. The minimum atomic E-state index is -0.805. The smallest absolute Gasteiger partial charge is 0.356 e. The first kappa shape index (κ1) is 25.3. The predicted molar refractivity (Wildman–Crippen MR) is 135 cm³/mol. The number of ether oxygens (including phenoxy) is 1.